The predicted octanol–water partition coefficient (Wildman–Crippen LogP) is 7.11. The average molecular weight is 421 g/mol. The number of rotatable bonds is 4. The van der Waals surface area contributed by atoms with Crippen molar-refractivity contribution in [2.45, 2.75) is 20.3 Å². The molecule has 2 heterocycles. The third-order valence-electron chi connectivity index (χ3n) is 5.42. The molecule has 31 heavy (non-hydrogen) atoms. The van der Waals surface area contributed by atoms with Gasteiger partial charge in [-0.1, -0.05) is 48.0 Å². The minimum absolute atomic E-state index is 0.646. The van der Waals surface area contributed by atoms with E-state index in [1.54, 1.807) is 11.3 Å². The fourth-order valence-electron chi connectivity index (χ4n) is 3.72. The lowest BCUT2D eigenvalue weighted by Gasteiger charge is -2.04. The lowest BCUT2D eigenvalue weighted by Crippen LogP contribution is -1.92. The van der Waals surface area contributed by atoms with Gasteiger partial charge in [-0.15, -0.1) is 11.3 Å². The Morgan fingerprint density at radius 1 is 0.968 bits per heavy atom. The Balaban J connectivity index is 1.43. The van der Waals surface area contributed by atoms with Gasteiger partial charge in [-0.25, -0.2) is 14.8 Å². The summed E-state index contributed by atoms with van der Waals surface area (Å²) in [5.41, 5.74) is 9.45. The summed E-state index contributed by atoms with van der Waals surface area (Å²) in [6.45, 7) is 11.3. The van der Waals surface area contributed by atoms with Gasteiger partial charge in [-0.05, 0) is 48.7 Å². The van der Waals surface area contributed by atoms with E-state index in [0.717, 1.165) is 45.1 Å². The molecular formula is C26H20N4S. The van der Waals surface area contributed by atoms with Crippen molar-refractivity contribution in [3.63, 3.8) is 0 Å². The number of nitrogens with one attached hydrogen (secondary N) is 1. The Kier molecular flexibility index (Phi) is 4.85. The maximum Gasteiger partial charge on any atom is 0.187 e. The van der Waals surface area contributed by atoms with E-state index < -0.39 is 0 Å². The number of hydrogen-bond acceptors (Lipinski definition) is 3. The van der Waals surface area contributed by atoms with E-state index in [4.69, 9.17) is 16.5 Å². The van der Waals surface area contributed by atoms with Crippen LogP contribution in [0.2, 0.25) is 0 Å². The van der Waals surface area contributed by atoms with Crippen molar-refractivity contribution in [1.82, 2.24) is 15.0 Å². The van der Waals surface area contributed by atoms with Crippen LogP contribution in [0.3, 0.4) is 0 Å². The molecule has 150 valence electrons. The van der Waals surface area contributed by atoms with Gasteiger partial charge in [-0.2, -0.15) is 0 Å². The standard InChI is InChI=1S/C26H20N4S/c1-16-5-4-6-19(11-16)26-29-22-12-17(2)20(13-23(22)30-26)14-25-28-24(15-31-25)18-7-9-21(27-3)10-8-18/h4-13,15H,14H2,1-2H3,(H,29,30). The molecule has 4 nitrogen and oxygen atoms in total. The first-order valence-corrected chi connectivity index (χ1v) is 11.0. The molecule has 5 rings (SSSR count). The molecule has 5 heteroatoms. The molecule has 0 bridgehead atoms. The van der Waals surface area contributed by atoms with E-state index in [1.165, 1.54) is 16.7 Å². The second kappa shape index (κ2) is 7.82. The van der Waals surface area contributed by atoms with E-state index in [0.29, 0.717) is 5.69 Å². The molecule has 0 atom stereocenters. The smallest absolute Gasteiger partial charge is 0.187 e. The predicted molar refractivity (Wildman–Crippen MR) is 128 cm³/mol. The van der Waals surface area contributed by atoms with Gasteiger partial charge < -0.3 is 4.98 Å². The van der Waals surface area contributed by atoms with Crippen molar-refractivity contribution >= 4 is 28.1 Å². The highest BCUT2D eigenvalue weighted by molar-refractivity contribution is 7.10. The molecule has 0 radical (unpaired) electrons. The number of thiazole rings is 1. The molecule has 0 saturated heterocycles. The van der Waals surface area contributed by atoms with Crippen LogP contribution >= 0.6 is 11.3 Å². The maximum atomic E-state index is 7.09. The van der Waals surface area contributed by atoms with Crippen molar-refractivity contribution in [2.75, 3.05) is 0 Å². The number of benzene rings is 3. The molecule has 0 amide bonds. The zero-order valence-electron chi connectivity index (χ0n) is 17.3. The van der Waals surface area contributed by atoms with E-state index in [1.807, 2.05) is 24.3 Å². The highest BCUT2D eigenvalue weighted by Crippen LogP contribution is 2.28. The minimum atomic E-state index is 0.646. The van der Waals surface area contributed by atoms with Crippen LogP contribution in [-0.4, -0.2) is 15.0 Å². The fourth-order valence-corrected chi connectivity index (χ4v) is 4.55. The third-order valence-corrected chi connectivity index (χ3v) is 6.27. The van der Waals surface area contributed by atoms with Crippen LogP contribution in [-0.2, 0) is 6.42 Å². The molecule has 0 saturated carbocycles. The molecule has 3 aromatic carbocycles. The SMILES string of the molecule is [C-]#[N+]c1ccc(-c2csc(Cc3cc4nc(-c5cccc(C)c5)[nH]c4cc3C)n2)cc1. The van der Waals surface area contributed by atoms with Crippen LogP contribution < -0.4 is 0 Å². The number of aromatic nitrogens is 3. The summed E-state index contributed by atoms with van der Waals surface area (Å²) < 4.78 is 0. The van der Waals surface area contributed by atoms with Crippen molar-refractivity contribution in [3.8, 4) is 22.6 Å². The van der Waals surface area contributed by atoms with Crippen LogP contribution in [0.15, 0.2) is 66.0 Å². The molecule has 0 aliphatic carbocycles. The Hall–Kier alpha value is -3.75. The highest BCUT2D eigenvalue weighted by atomic mass is 32.1. The number of hydrogen-bond donors (Lipinski definition) is 1. The van der Waals surface area contributed by atoms with E-state index in [9.17, 15) is 0 Å². The summed E-state index contributed by atoms with van der Waals surface area (Å²) >= 11 is 1.67. The Labute approximate surface area is 185 Å². The number of aromatic amines is 1. The van der Waals surface area contributed by atoms with E-state index in [-0.39, 0.29) is 0 Å². The van der Waals surface area contributed by atoms with Gasteiger partial charge >= 0.3 is 0 Å². The number of nitrogens with zero attached hydrogens (tertiary/aromatic N) is 3. The fraction of sp³-hybridized carbons (Fsp3) is 0.115. The Bertz CT molecular complexity index is 1430. The number of aryl methyl sites for hydroxylation is 2. The minimum Gasteiger partial charge on any atom is -0.338 e. The third kappa shape index (κ3) is 3.86. The van der Waals surface area contributed by atoms with Gasteiger partial charge in [0.1, 0.15) is 5.82 Å². The average Bonchev–Trinajstić information content (AvgIpc) is 3.41. The van der Waals surface area contributed by atoms with Gasteiger partial charge in [0.05, 0.1) is 28.3 Å². The zero-order valence-corrected chi connectivity index (χ0v) is 18.1. The maximum absolute atomic E-state index is 7.09. The molecule has 0 aliphatic rings. The largest absolute Gasteiger partial charge is 0.338 e. The summed E-state index contributed by atoms with van der Waals surface area (Å²) in [6.07, 6.45) is 0.777. The van der Waals surface area contributed by atoms with Crippen LogP contribution in [0, 0.1) is 20.4 Å². The van der Waals surface area contributed by atoms with Crippen molar-refractivity contribution in [1.29, 1.82) is 0 Å². The van der Waals surface area contributed by atoms with Crippen molar-refractivity contribution in [3.05, 3.63) is 99.2 Å². The molecule has 0 spiro atoms. The van der Waals surface area contributed by atoms with Crippen molar-refractivity contribution < 1.29 is 0 Å². The summed E-state index contributed by atoms with van der Waals surface area (Å²) in [4.78, 5) is 16.6. The first kappa shape index (κ1) is 19.2. The highest BCUT2D eigenvalue weighted by Gasteiger charge is 2.11. The summed E-state index contributed by atoms with van der Waals surface area (Å²) in [5, 5.41) is 3.15. The van der Waals surface area contributed by atoms with E-state index in [2.05, 4.69) is 65.5 Å². The molecule has 5 aromatic rings. The van der Waals surface area contributed by atoms with E-state index >= 15 is 0 Å². The monoisotopic (exact) mass is 420 g/mol. The van der Waals surface area contributed by atoms with Crippen LogP contribution in [0.4, 0.5) is 5.69 Å². The number of H-pyrrole nitrogens is 1. The molecule has 0 aliphatic heterocycles. The number of imidazole rings is 1. The zero-order chi connectivity index (χ0) is 21.4. The summed E-state index contributed by atoms with van der Waals surface area (Å²) in [6, 6.07) is 20.3. The van der Waals surface area contributed by atoms with Crippen LogP contribution in [0.5, 0.6) is 0 Å². The van der Waals surface area contributed by atoms with Crippen LogP contribution in [0.25, 0.3) is 38.5 Å². The Morgan fingerprint density at radius 3 is 2.58 bits per heavy atom. The lowest BCUT2D eigenvalue weighted by atomic mass is 10.1. The molecule has 2 aromatic heterocycles. The number of fused-ring (bicyclic) bond motifs is 1. The van der Waals surface area contributed by atoms with Crippen LogP contribution in [0.1, 0.15) is 21.7 Å². The second-order valence-corrected chi connectivity index (χ2v) is 8.66. The normalized spacial score (nSPS) is 11.0. The molecule has 0 unspecified atom stereocenters. The Morgan fingerprint density at radius 2 is 1.81 bits per heavy atom. The lowest BCUT2D eigenvalue weighted by molar-refractivity contribution is 1.12. The molecular weight excluding hydrogens is 400 g/mol. The summed E-state index contributed by atoms with van der Waals surface area (Å²) in [5.74, 6) is 0.898. The quantitative estimate of drug-likeness (QED) is 0.315. The molecule has 1 N–H and O–H groups in total. The first-order chi connectivity index (χ1) is 15.1. The van der Waals surface area contributed by atoms with Gasteiger partial charge in [0.15, 0.2) is 5.69 Å². The topological polar surface area (TPSA) is 45.9 Å². The molecule has 0 fully saturated rings. The van der Waals surface area contributed by atoms with Gasteiger partial charge in [0.2, 0.25) is 0 Å². The van der Waals surface area contributed by atoms with Gasteiger partial charge in [0.25, 0.3) is 0 Å². The van der Waals surface area contributed by atoms with Gasteiger partial charge in [-0.3, -0.25) is 0 Å². The first-order valence-electron chi connectivity index (χ1n) is 10.1. The second-order valence-electron chi connectivity index (χ2n) is 7.71. The van der Waals surface area contributed by atoms with Gasteiger partial charge in [0, 0.05) is 17.4 Å². The summed E-state index contributed by atoms with van der Waals surface area (Å²) in [7, 11) is 0. The van der Waals surface area contributed by atoms with Crippen molar-refractivity contribution in [2.24, 2.45) is 0 Å².